The second kappa shape index (κ2) is 8.10. The minimum atomic E-state index is 0.175. The lowest BCUT2D eigenvalue weighted by Gasteiger charge is -2.30. The van der Waals surface area contributed by atoms with Crippen molar-refractivity contribution in [3.05, 3.63) is 29.8 Å². The summed E-state index contributed by atoms with van der Waals surface area (Å²) in [7, 11) is 0. The van der Waals surface area contributed by atoms with Crippen molar-refractivity contribution in [1.29, 1.82) is 0 Å². The molecule has 0 saturated carbocycles. The summed E-state index contributed by atoms with van der Waals surface area (Å²) < 4.78 is 0. The summed E-state index contributed by atoms with van der Waals surface area (Å²) in [6.07, 6.45) is 8.20. The van der Waals surface area contributed by atoms with E-state index in [0.29, 0.717) is 24.4 Å². The zero-order valence-corrected chi connectivity index (χ0v) is 16.0. The number of hydrogen-bond acceptors (Lipinski definition) is 3. The number of anilines is 1. The standard InChI is InChI=1S/C22H33N3O/c1-16-8-10-25(11-9-16)15-17-2-4-19(5-3-17)24-22(26)14-18-12-20-6-7-21(13-18)23-20/h2-5,16,18,20-21,23H,6-15H2,1H3,(H,24,26). The summed E-state index contributed by atoms with van der Waals surface area (Å²) in [5.41, 5.74) is 2.27. The van der Waals surface area contributed by atoms with Gasteiger partial charge in [-0.15, -0.1) is 0 Å². The Morgan fingerprint density at radius 2 is 1.73 bits per heavy atom. The average Bonchev–Trinajstić information content (AvgIpc) is 2.97. The molecule has 4 rings (SSSR count). The molecule has 0 spiro atoms. The first kappa shape index (κ1) is 18.0. The lowest BCUT2D eigenvalue weighted by Crippen LogP contribution is -2.39. The van der Waals surface area contributed by atoms with Gasteiger partial charge in [0.25, 0.3) is 0 Å². The lowest BCUT2D eigenvalue weighted by molar-refractivity contribution is -0.117. The Morgan fingerprint density at radius 3 is 2.38 bits per heavy atom. The third kappa shape index (κ3) is 4.66. The molecule has 1 amide bonds. The average molecular weight is 356 g/mol. The molecule has 142 valence electrons. The molecular weight excluding hydrogens is 322 g/mol. The van der Waals surface area contributed by atoms with E-state index >= 15 is 0 Å². The Balaban J connectivity index is 1.24. The van der Waals surface area contributed by atoms with Crippen molar-refractivity contribution in [2.24, 2.45) is 11.8 Å². The van der Waals surface area contributed by atoms with E-state index in [2.05, 4.69) is 46.7 Å². The fourth-order valence-corrected chi connectivity index (χ4v) is 4.99. The molecule has 2 atom stereocenters. The number of piperidine rings is 2. The zero-order valence-electron chi connectivity index (χ0n) is 16.0. The Kier molecular flexibility index (Phi) is 5.60. The molecule has 0 aliphatic carbocycles. The molecule has 2 unspecified atom stereocenters. The van der Waals surface area contributed by atoms with Crippen molar-refractivity contribution in [2.75, 3.05) is 18.4 Å². The number of rotatable bonds is 5. The Labute approximate surface area is 157 Å². The fourth-order valence-electron chi connectivity index (χ4n) is 4.99. The molecule has 0 radical (unpaired) electrons. The van der Waals surface area contributed by atoms with Gasteiger partial charge in [-0.05, 0) is 81.1 Å². The largest absolute Gasteiger partial charge is 0.326 e. The van der Waals surface area contributed by atoms with Crippen LogP contribution >= 0.6 is 0 Å². The van der Waals surface area contributed by atoms with Crippen LogP contribution in [0.4, 0.5) is 5.69 Å². The third-order valence-electron chi connectivity index (χ3n) is 6.56. The highest BCUT2D eigenvalue weighted by atomic mass is 16.1. The monoisotopic (exact) mass is 355 g/mol. The second-order valence-corrected chi connectivity index (χ2v) is 8.88. The van der Waals surface area contributed by atoms with Crippen molar-refractivity contribution < 1.29 is 4.79 Å². The van der Waals surface area contributed by atoms with E-state index in [-0.39, 0.29) is 5.91 Å². The van der Waals surface area contributed by atoms with E-state index in [1.54, 1.807) is 0 Å². The SMILES string of the molecule is CC1CCN(Cc2ccc(NC(=O)CC3CC4CCC(C3)N4)cc2)CC1. The predicted octanol–water partition coefficient (Wildman–Crippen LogP) is 3.78. The summed E-state index contributed by atoms with van der Waals surface area (Å²) in [4.78, 5) is 14.9. The molecular formula is C22H33N3O. The summed E-state index contributed by atoms with van der Waals surface area (Å²) in [5.74, 6) is 1.60. The quantitative estimate of drug-likeness (QED) is 0.845. The maximum absolute atomic E-state index is 12.4. The van der Waals surface area contributed by atoms with Gasteiger partial charge in [0.05, 0.1) is 0 Å². The molecule has 3 heterocycles. The van der Waals surface area contributed by atoms with Crippen molar-refractivity contribution in [3.8, 4) is 0 Å². The number of amides is 1. The Bertz CT molecular complexity index is 594. The van der Waals surface area contributed by atoms with Crippen LogP contribution in [0.1, 0.15) is 57.4 Å². The second-order valence-electron chi connectivity index (χ2n) is 8.88. The van der Waals surface area contributed by atoms with Gasteiger partial charge in [-0.2, -0.15) is 0 Å². The third-order valence-corrected chi connectivity index (χ3v) is 6.56. The van der Waals surface area contributed by atoms with Gasteiger partial charge in [0.15, 0.2) is 0 Å². The number of hydrogen-bond donors (Lipinski definition) is 2. The van der Waals surface area contributed by atoms with E-state index in [4.69, 9.17) is 0 Å². The number of likely N-dealkylation sites (tertiary alicyclic amines) is 1. The molecule has 3 aliphatic heterocycles. The summed E-state index contributed by atoms with van der Waals surface area (Å²) in [5, 5.41) is 6.75. The maximum atomic E-state index is 12.4. The van der Waals surface area contributed by atoms with Crippen molar-refractivity contribution in [3.63, 3.8) is 0 Å². The van der Waals surface area contributed by atoms with E-state index in [1.165, 1.54) is 44.3 Å². The molecule has 4 heteroatoms. The van der Waals surface area contributed by atoms with Crippen LogP contribution in [-0.4, -0.2) is 36.0 Å². The summed E-state index contributed by atoms with van der Waals surface area (Å²) in [6, 6.07) is 9.77. The maximum Gasteiger partial charge on any atom is 0.224 e. The smallest absolute Gasteiger partial charge is 0.224 e. The number of carbonyl (C=O) groups excluding carboxylic acids is 1. The predicted molar refractivity (Wildman–Crippen MR) is 106 cm³/mol. The normalized spacial score (nSPS) is 29.7. The van der Waals surface area contributed by atoms with E-state index in [9.17, 15) is 4.79 Å². The van der Waals surface area contributed by atoms with E-state index in [0.717, 1.165) is 31.0 Å². The van der Waals surface area contributed by atoms with Crippen LogP contribution in [-0.2, 0) is 11.3 Å². The molecule has 0 aromatic heterocycles. The van der Waals surface area contributed by atoms with Gasteiger partial charge in [0.2, 0.25) is 5.91 Å². The fraction of sp³-hybridized carbons (Fsp3) is 0.682. The highest BCUT2D eigenvalue weighted by Gasteiger charge is 2.34. The van der Waals surface area contributed by atoms with Crippen molar-refractivity contribution in [1.82, 2.24) is 10.2 Å². The number of nitrogens with one attached hydrogen (secondary N) is 2. The van der Waals surface area contributed by atoms with Crippen LogP contribution < -0.4 is 10.6 Å². The number of nitrogens with zero attached hydrogens (tertiary/aromatic N) is 1. The molecule has 26 heavy (non-hydrogen) atoms. The van der Waals surface area contributed by atoms with E-state index < -0.39 is 0 Å². The van der Waals surface area contributed by atoms with Gasteiger partial charge < -0.3 is 10.6 Å². The molecule has 2 bridgehead atoms. The lowest BCUT2D eigenvalue weighted by atomic mass is 9.89. The van der Waals surface area contributed by atoms with Gasteiger partial charge in [-0.3, -0.25) is 9.69 Å². The van der Waals surface area contributed by atoms with Crippen molar-refractivity contribution >= 4 is 11.6 Å². The molecule has 1 aromatic carbocycles. The van der Waals surface area contributed by atoms with Gasteiger partial charge in [-0.1, -0.05) is 19.1 Å². The van der Waals surface area contributed by atoms with Gasteiger partial charge in [0, 0.05) is 30.7 Å². The van der Waals surface area contributed by atoms with Crippen LogP contribution in [0.15, 0.2) is 24.3 Å². The van der Waals surface area contributed by atoms with Crippen molar-refractivity contribution in [2.45, 2.75) is 70.5 Å². The van der Waals surface area contributed by atoms with Gasteiger partial charge >= 0.3 is 0 Å². The minimum Gasteiger partial charge on any atom is -0.326 e. The summed E-state index contributed by atoms with van der Waals surface area (Å²) in [6.45, 7) is 5.79. The molecule has 3 fully saturated rings. The van der Waals surface area contributed by atoms with E-state index in [1.807, 2.05) is 0 Å². The summed E-state index contributed by atoms with van der Waals surface area (Å²) >= 11 is 0. The van der Waals surface area contributed by atoms with Gasteiger partial charge in [-0.25, -0.2) is 0 Å². The first-order chi connectivity index (χ1) is 12.6. The number of fused-ring (bicyclic) bond motifs is 2. The first-order valence-electron chi connectivity index (χ1n) is 10.5. The first-order valence-corrected chi connectivity index (χ1v) is 10.5. The zero-order chi connectivity index (χ0) is 17.9. The minimum absolute atomic E-state index is 0.175. The topological polar surface area (TPSA) is 44.4 Å². The van der Waals surface area contributed by atoms with Crippen LogP contribution in [0.2, 0.25) is 0 Å². The molecule has 2 N–H and O–H groups in total. The van der Waals surface area contributed by atoms with Crippen LogP contribution in [0, 0.1) is 11.8 Å². The highest BCUT2D eigenvalue weighted by molar-refractivity contribution is 5.90. The van der Waals surface area contributed by atoms with Crippen LogP contribution in [0.25, 0.3) is 0 Å². The van der Waals surface area contributed by atoms with Gasteiger partial charge in [0.1, 0.15) is 0 Å². The molecule has 1 aromatic rings. The van der Waals surface area contributed by atoms with Crippen LogP contribution in [0.5, 0.6) is 0 Å². The molecule has 3 saturated heterocycles. The number of benzene rings is 1. The molecule has 3 aliphatic rings. The Hall–Kier alpha value is -1.39. The number of carbonyl (C=O) groups is 1. The van der Waals surface area contributed by atoms with Crippen LogP contribution in [0.3, 0.4) is 0 Å². The molecule has 4 nitrogen and oxygen atoms in total. The Morgan fingerprint density at radius 1 is 1.08 bits per heavy atom. The highest BCUT2D eigenvalue weighted by Crippen LogP contribution is 2.32.